The Labute approximate surface area is 232 Å². The summed E-state index contributed by atoms with van der Waals surface area (Å²) in [6.07, 6.45) is 3.40. The third-order valence-electron chi connectivity index (χ3n) is 7.06. The predicted octanol–water partition coefficient (Wildman–Crippen LogP) is 4.66. The van der Waals surface area contributed by atoms with E-state index in [1.165, 1.54) is 4.57 Å². The Hall–Kier alpha value is -4.34. The van der Waals surface area contributed by atoms with Gasteiger partial charge in [0.1, 0.15) is 5.82 Å². The van der Waals surface area contributed by atoms with Crippen LogP contribution in [0.5, 0.6) is 0 Å². The van der Waals surface area contributed by atoms with Crippen molar-refractivity contribution in [3.63, 3.8) is 0 Å². The van der Waals surface area contributed by atoms with Crippen molar-refractivity contribution in [1.82, 2.24) is 39.3 Å². The van der Waals surface area contributed by atoms with Gasteiger partial charge in [0.25, 0.3) is 5.56 Å². The summed E-state index contributed by atoms with van der Waals surface area (Å²) in [6.45, 7) is 9.64. The molecule has 3 heterocycles. The fourth-order valence-electron chi connectivity index (χ4n) is 5.16. The highest BCUT2D eigenvalue weighted by atomic mass is 16.2. The van der Waals surface area contributed by atoms with Gasteiger partial charge in [-0.2, -0.15) is 5.21 Å². The molecule has 0 aliphatic heterocycles. The molecule has 2 aromatic carbocycles. The number of imidazole rings is 1. The summed E-state index contributed by atoms with van der Waals surface area (Å²) >= 11 is 0. The highest BCUT2D eigenvalue weighted by Crippen LogP contribution is 2.30. The van der Waals surface area contributed by atoms with Crippen molar-refractivity contribution in [2.75, 3.05) is 0 Å². The molecular weight excluding hydrogens is 504 g/mol. The van der Waals surface area contributed by atoms with Gasteiger partial charge in [-0.05, 0) is 40.7 Å². The lowest BCUT2D eigenvalue weighted by Crippen LogP contribution is -2.41. The van der Waals surface area contributed by atoms with Crippen LogP contribution in [-0.4, -0.2) is 39.3 Å². The molecule has 0 fully saturated rings. The molecule has 0 unspecified atom stereocenters. The quantitative estimate of drug-likeness (QED) is 0.260. The number of aryl methyl sites for hydroxylation is 1. The number of unbranched alkanes of at least 4 members (excludes halogenated alkanes) is 1. The van der Waals surface area contributed by atoms with Crippen LogP contribution in [0.2, 0.25) is 0 Å². The van der Waals surface area contributed by atoms with Crippen molar-refractivity contribution in [3.05, 3.63) is 80.8 Å². The number of tetrazole rings is 1. The van der Waals surface area contributed by atoms with E-state index in [1.807, 2.05) is 35.8 Å². The van der Waals surface area contributed by atoms with Crippen LogP contribution in [0.4, 0.5) is 0 Å². The lowest BCUT2D eigenvalue weighted by atomic mass is 9.98. The molecule has 0 bridgehead atoms. The number of hydrogen-bond donors (Lipinski definition) is 1. The van der Waals surface area contributed by atoms with Crippen LogP contribution in [0.15, 0.2) is 58.1 Å². The van der Waals surface area contributed by atoms with E-state index in [-0.39, 0.29) is 17.2 Å². The van der Waals surface area contributed by atoms with E-state index in [4.69, 9.17) is 4.98 Å². The van der Waals surface area contributed by atoms with Crippen molar-refractivity contribution in [1.29, 1.82) is 0 Å². The minimum absolute atomic E-state index is 0.237. The van der Waals surface area contributed by atoms with Crippen molar-refractivity contribution < 1.29 is 0 Å². The lowest BCUT2D eigenvalue weighted by molar-refractivity contribution is 0.484. The van der Waals surface area contributed by atoms with E-state index < -0.39 is 0 Å². The molecule has 40 heavy (non-hydrogen) atoms. The van der Waals surface area contributed by atoms with Crippen LogP contribution in [0.25, 0.3) is 33.7 Å². The minimum Gasteiger partial charge on any atom is -0.318 e. The molecule has 0 radical (unpaired) electrons. The van der Waals surface area contributed by atoms with Crippen molar-refractivity contribution >= 4 is 11.2 Å². The molecule has 0 aliphatic carbocycles. The van der Waals surface area contributed by atoms with Crippen LogP contribution in [0.3, 0.4) is 0 Å². The number of fused-ring (bicyclic) bond motifs is 1. The first-order valence-electron chi connectivity index (χ1n) is 14.1. The fraction of sp³-hybridized carbons (Fsp3) is 0.400. The number of aromatic nitrogens is 8. The molecule has 5 rings (SSSR count). The summed E-state index contributed by atoms with van der Waals surface area (Å²) in [5.74, 6) is 1.62. The normalized spacial score (nSPS) is 11.6. The van der Waals surface area contributed by atoms with Gasteiger partial charge in [0, 0.05) is 31.6 Å². The summed E-state index contributed by atoms with van der Waals surface area (Å²) in [7, 11) is 0. The maximum atomic E-state index is 13.7. The standard InChI is InChI=1S/C30H36N8O2/c1-5-7-12-25-31-28-26(29(39)36(17-6-2)30(40)38(28)18-20(3)4)37(25)19-21-13-15-22(16-14-21)23-10-8-9-11-24(23)27-32-34-35-33-27/h8-11,13-16,20H,5-7,12,17-19H2,1-4H3,(H,32,33,34,35). The van der Waals surface area contributed by atoms with E-state index >= 15 is 0 Å². The smallest absolute Gasteiger partial charge is 0.318 e. The highest BCUT2D eigenvalue weighted by molar-refractivity contribution is 5.80. The SMILES string of the molecule is CCCCc1nc2c(c(=O)n(CCC)c(=O)n2CC(C)C)n1Cc1ccc(-c2ccccc2-c2nn[nH]n2)cc1. The maximum Gasteiger partial charge on any atom is 0.332 e. The second-order valence-corrected chi connectivity index (χ2v) is 10.6. The lowest BCUT2D eigenvalue weighted by Gasteiger charge is -2.14. The Bertz CT molecular complexity index is 1710. The Kier molecular flexibility index (Phi) is 8.04. The number of nitrogens with zero attached hydrogens (tertiary/aromatic N) is 7. The number of aromatic amines is 1. The largest absolute Gasteiger partial charge is 0.332 e. The van der Waals surface area contributed by atoms with E-state index in [1.54, 1.807) is 4.57 Å². The van der Waals surface area contributed by atoms with Gasteiger partial charge in [0.05, 0.1) is 0 Å². The van der Waals surface area contributed by atoms with Crippen LogP contribution in [-0.2, 0) is 26.1 Å². The van der Waals surface area contributed by atoms with Gasteiger partial charge in [-0.3, -0.25) is 13.9 Å². The Morgan fingerprint density at radius 1 is 0.900 bits per heavy atom. The molecule has 1 N–H and O–H groups in total. The number of rotatable bonds is 11. The Morgan fingerprint density at radius 2 is 1.65 bits per heavy atom. The molecular formula is C30H36N8O2. The van der Waals surface area contributed by atoms with E-state index in [0.29, 0.717) is 43.0 Å². The molecule has 0 amide bonds. The first-order chi connectivity index (χ1) is 19.4. The molecule has 10 nitrogen and oxygen atoms in total. The summed E-state index contributed by atoms with van der Waals surface area (Å²) < 4.78 is 5.10. The zero-order chi connectivity index (χ0) is 28.2. The average Bonchev–Trinajstić information content (AvgIpc) is 3.61. The van der Waals surface area contributed by atoms with Crippen molar-refractivity contribution in [2.45, 2.75) is 73.0 Å². The zero-order valence-corrected chi connectivity index (χ0v) is 23.6. The molecule has 0 aliphatic rings. The molecule has 3 aromatic heterocycles. The van der Waals surface area contributed by atoms with Gasteiger partial charge in [-0.1, -0.05) is 82.6 Å². The first-order valence-corrected chi connectivity index (χ1v) is 14.1. The number of nitrogens with one attached hydrogen (secondary N) is 1. The fourth-order valence-corrected chi connectivity index (χ4v) is 5.16. The molecule has 5 aromatic rings. The molecule has 0 saturated carbocycles. The Balaban J connectivity index is 1.60. The molecule has 0 saturated heterocycles. The van der Waals surface area contributed by atoms with Crippen molar-refractivity contribution in [2.24, 2.45) is 5.92 Å². The third-order valence-corrected chi connectivity index (χ3v) is 7.06. The number of hydrogen-bond acceptors (Lipinski definition) is 6. The maximum absolute atomic E-state index is 13.7. The highest BCUT2D eigenvalue weighted by Gasteiger charge is 2.22. The average molecular weight is 541 g/mol. The van der Waals surface area contributed by atoms with Crippen LogP contribution in [0, 0.1) is 5.92 Å². The van der Waals surface area contributed by atoms with Gasteiger partial charge in [0.15, 0.2) is 11.2 Å². The van der Waals surface area contributed by atoms with Gasteiger partial charge in [-0.15, -0.1) is 10.2 Å². The molecule has 0 atom stereocenters. The van der Waals surface area contributed by atoms with Gasteiger partial charge >= 0.3 is 5.69 Å². The van der Waals surface area contributed by atoms with E-state index in [2.05, 4.69) is 65.7 Å². The third kappa shape index (κ3) is 5.25. The summed E-state index contributed by atoms with van der Waals surface area (Å²) in [5, 5.41) is 14.5. The second-order valence-electron chi connectivity index (χ2n) is 10.6. The summed E-state index contributed by atoms with van der Waals surface area (Å²) in [6, 6.07) is 16.3. The number of H-pyrrole nitrogens is 1. The summed E-state index contributed by atoms with van der Waals surface area (Å²) in [4.78, 5) is 32.0. The molecule has 0 spiro atoms. The topological polar surface area (TPSA) is 116 Å². The Morgan fingerprint density at radius 3 is 2.30 bits per heavy atom. The second kappa shape index (κ2) is 11.8. The van der Waals surface area contributed by atoms with Gasteiger partial charge in [0.2, 0.25) is 5.82 Å². The molecule has 10 heteroatoms. The minimum atomic E-state index is -0.274. The van der Waals surface area contributed by atoms with E-state index in [9.17, 15) is 9.59 Å². The monoisotopic (exact) mass is 540 g/mol. The molecule has 208 valence electrons. The zero-order valence-electron chi connectivity index (χ0n) is 23.6. The van der Waals surface area contributed by atoms with Crippen LogP contribution in [0.1, 0.15) is 58.3 Å². The predicted molar refractivity (Wildman–Crippen MR) is 156 cm³/mol. The van der Waals surface area contributed by atoms with Gasteiger partial charge in [-0.25, -0.2) is 9.78 Å². The summed E-state index contributed by atoms with van der Waals surface area (Å²) in [5.41, 5.74) is 4.44. The van der Waals surface area contributed by atoms with Crippen LogP contribution < -0.4 is 11.2 Å². The first kappa shape index (κ1) is 27.2. The van der Waals surface area contributed by atoms with Crippen LogP contribution >= 0.6 is 0 Å². The van der Waals surface area contributed by atoms with Crippen molar-refractivity contribution in [3.8, 4) is 22.5 Å². The number of benzene rings is 2. The van der Waals surface area contributed by atoms with E-state index in [0.717, 1.165) is 47.3 Å². The van der Waals surface area contributed by atoms with Gasteiger partial charge < -0.3 is 4.57 Å².